The van der Waals surface area contributed by atoms with Crippen LogP contribution in [0.3, 0.4) is 0 Å². The molecule has 4 atom stereocenters. The van der Waals surface area contributed by atoms with E-state index in [1.54, 1.807) is 58.0 Å². The molecular weight excluding hydrogens is 515 g/mol. The minimum absolute atomic E-state index is 0.208. The van der Waals surface area contributed by atoms with Gasteiger partial charge in [0.2, 0.25) is 0 Å². The molecule has 2 saturated heterocycles. The van der Waals surface area contributed by atoms with Gasteiger partial charge in [-0.2, -0.15) is 4.68 Å². The molecule has 0 radical (unpaired) electrons. The number of nitrogens with one attached hydrogen (secondary N) is 1. The summed E-state index contributed by atoms with van der Waals surface area (Å²) in [6.45, 7) is 7.52. The zero-order valence-electron chi connectivity index (χ0n) is 21.4. The zero-order chi connectivity index (χ0) is 26.9. The lowest BCUT2D eigenvalue weighted by Gasteiger charge is -2.23. The van der Waals surface area contributed by atoms with Gasteiger partial charge in [-0.15, -0.1) is 5.10 Å². The van der Waals surface area contributed by atoms with Crippen molar-refractivity contribution in [2.45, 2.75) is 58.0 Å². The number of benzene rings is 1. The first kappa shape index (κ1) is 26.5. The lowest BCUT2D eigenvalue weighted by atomic mass is 10.1. The summed E-state index contributed by atoms with van der Waals surface area (Å²) in [5, 5.41) is 11.2. The lowest BCUT2D eigenvalue weighted by molar-refractivity contribution is -0.192. The molecule has 2 aliphatic rings. The number of anilines is 1. The van der Waals surface area contributed by atoms with E-state index in [2.05, 4.69) is 25.6 Å². The Hall–Kier alpha value is -3.06. The summed E-state index contributed by atoms with van der Waals surface area (Å²) >= 11 is 0. The maximum absolute atomic E-state index is 13.0. The number of carbonyl (C=O) groups excluding carboxylic acids is 1. The highest BCUT2D eigenvalue weighted by molar-refractivity contribution is 7.57. The van der Waals surface area contributed by atoms with Crippen LogP contribution in [0.5, 0.6) is 0 Å². The SMILES string of the molecule is CCOP(=O)(/C=C/[C@H]1O[C@@H](n2nnc3c(NC(=O)c4ccccc4)ncnc32)[C@@H]2OC(C)(C)O[C@@H]21)OCC. The zero-order valence-corrected chi connectivity index (χ0v) is 22.3. The van der Waals surface area contributed by atoms with Crippen LogP contribution in [-0.4, -0.2) is 68.2 Å². The van der Waals surface area contributed by atoms with E-state index in [-0.39, 0.29) is 30.5 Å². The Balaban J connectivity index is 1.44. The van der Waals surface area contributed by atoms with Crippen LogP contribution in [0, 0.1) is 0 Å². The molecule has 0 aliphatic carbocycles. The van der Waals surface area contributed by atoms with E-state index in [0.717, 1.165) is 0 Å². The van der Waals surface area contributed by atoms with Gasteiger partial charge in [0.1, 0.15) is 24.6 Å². The predicted molar refractivity (Wildman–Crippen MR) is 135 cm³/mol. The van der Waals surface area contributed by atoms with Crippen LogP contribution in [-0.2, 0) is 27.8 Å². The molecule has 1 aromatic carbocycles. The van der Waals surface area contributed by atoms with Crippen LogP contribution in [0.4, 0.5) is 5.82 Å². The number of hydrogen-bond acceptors (Lipinski definition) is 11. The first-order valence-corrected chi connectivity index (χ1v) is 13.9. The predicted octanol–water partition coefficient (Wildman–Crippen LogP) is 3.67. The van der Waals surface area contributed by atoms with Gasteiger partial charge >= 0.3 is 7.60 Å². The van der Waals surface area contributed by atoms with Crippen molar-refractivity contribution < 1.29 is 32.6 Å². The van der Waals surface area contributed by atoms with Gasteiger partial charge in [-0.05, 0) is 45.9 Å². The third kappa shape index (κ3) is 5.26. The number of ether oxygens (including phenoxy) is 3. The van der Waals surface area contributed by atoms with E-state index in [9.17, 15) is 9.36 Å². The van der Waals surface area contributed by atoms with Crippen molar-refractivity contribution in [2.24, 2.45) is 0 Å². The third-order valence-electron chi connectivity index (χ3n) is 5.91. The minimum atomic E-state index is -3.46. The number of hydrogen-bond donors (Lipinski definition) is 1. The molecule has 0 bridgehead atoms. The van der Waals surface area contributed by atoms with E-state index in [1.807, 2.05) is 6.07 Å². The Labute approximate surface area is 219 Å². The molecule has 1 N–H and O–H groups in total. The highest BCUT2D eigenvalue weighted by Gasteiger charge is 2.56. The summed E-state index contributed by atoms with van der Waals surface area (Å²) < 4.78 is 43.7. The van der Waals surface area contributed by atoms with Gasteiger partial charge in [0.25, 0.3) is 5.91 Å². The van der Waals surface area contributed by atoms with Crippen LogP contribution < -0.4 is 5.32 Å². The number of nitrogens with zero attached hydrogens (tertiary/aromatic N) is 5. The van der Waals surface area contributed by atoms with Crippen LogP contribution in [0.15, 0.2) is 48.6 Å². The van der Waals surface area contributed by atoms with Crippen LogP contribution in [0.1, 0.15) is 44.3 Å². The molecule has 0 saturated carbocycles. The lowest BCUT2D eigenvalue weighted by Crippen LogP contribution is -2.28. The van der Waals surface area contributed by atoms with Crippen molar-refractivity contribution in [3.8, 4) is 0 Å². The van der Waals surface area contributed by atoms with Crippen LogP contribution >= 0.6 is 7.60 Å². The average Bonchev–Trinajstić information content (AvgIpc) is 3.55. The Morgan fingerprint density at radius 2 is 1.84 bits per heavy atom. The molecule has 14 heteroatoms. The number of fused-ring (bicyclic) bond motifs is 2. The van der Waals surface area contributed by atoms with Gasteiger partial charge in [-0.1, -0.05) is 23.4 Å². The summed E-state index contributed by atoms with van der Waals surface area (Å²) in [5.41, 5.74) is 1.09. The smallest absolute Gasteiger partial charge is 0.343 e. The van der Waals surface area contributed by atoms with Crippen LogP contribution in [0.2, 0.25) is 0 Å². The topological polar surface area (TPSA) is 149 Å². The molecule has 2 aromatic heterocycles. The number of rotatable bonds is 9. The van der Waals surface area contributed by atoms with Crippen LogP contribution in [0.25, 0.3) is 11.2 Å². The summed E-state index contributed by atoms with van der Waals surface area (Å²) in [5.74, 6) is 0.356. The van der Waals surface area contributed by atoms with Gasteiger partial charge in [0, 0.05) is 11.4 Å². The fraction of sp³-hybridized carbons (Fsp3) is 0.458. The quantitative estimate of drug-likeness (QED) is 0.393. The van der Waals surface area contributed by atoms with Gasteiger partial charge in [0.05, 0.1) is 13.2 Å². The fourth-order valence-corrected chi connectivity index (χ4v) is 5.78. The first-order chi connectivity index (χ1) is 18.2. The van der Waals surface area contributed by atoms with Crippen molar-refractivity contribution in [1.29, 1.82) is 0 Å². The Morgan fingerprint density at radius 1 is 1.13 bits per heavy atom. The number of amides is 1. The van der Waals surface area contributed by atoms with E-state index in [1.165, 1.54) is 16.8 Å². The van der Waals surface area contributed by atoms with Crippen molar-refractivity contribution >= 4 is 30.5 Å². The summed E-state index contributed by atoms with van der Waals surface area (Å²) in [7, 11) is -3.46. The summed E-state index contributed by atoms with van der Waals surface area (Å²) in [6.07, 6.45) is 0.352. The normalized spacial score (nSPS) is 24.7. The van der Waals surface area contributed by atoms with Gasteiger partial charge in [-0.3, -0.25) is 9.36 Å². The second-order valence-corrected chi connectivity index (χ2v) is 10.9. The van der Waals surface area contributed by atoms with E-state index in [0.29, 0.717) is 11.2 Å². The monoisotopic (exact) mass is 544 g/mol. The molecular formula is C24H29N6O7P. The maximum Gasteiger partial charge on any atom is 0.353 e. The molecule has 5 rings (SSSR count). The first-order valence-electron chi connectivity index (χ1n) is 12.2. The largest absolute Gasteiger partial charge is 0.353 e. The molecule has 38 heavy (non-hydrogen) atoms. The second kappa shape index (κ2) is 10.6. The molecule has 4 heterocycles. The maximum atomic E-state index is 13.0. The molecule has 202 valence electrons. The highest BCUT2D eigenvalue weighted by atomic mass is 31.2. The fourth-order valence-electron chi connectivity index (χ4n) is 4.43. The molecule has 1 amide bonds. The molecule has 13 nitrogen and oxygen atoms in total. The summed E-state index contributed by atoms with van der Waals surface area (Å²) in [4.78, 5) is 21.2. The highest BCUT2D eigenvalue weighted by Crippen LogP contribution is 2.51. The van der Waals surface area contributed by atoms with Gasteiger partial charge in [0.15, 0.2) is 29.0 Å². The van der Waals surface area contributed by atoms with Crippen molar-refractivity contribution in [2.75, 3.05) is 18.5 Å². The average molecular weight is 545 g/mol. The van der Waals surface area contributed by atoms with Crippen molar-refractivity contribution in [1.82, 2.24) is 25.0 Å². The van der Waals surface area contributed by atoms with E-state index >= 15 is 0 Å². The van der Waals surface area contributed by atoms with Gasteiger partial charge in [-0.25, -0.2) is 9.97 Å². The minimum Gasteiger partial charge on any atom is -0.343 e. The third-order valence-corrected chi connectivity index (χ3v) is 7.68. The molecule has 0 spiro atoms. The molecule has 3 aromatic rings. The van der Waals surface area contributed by atoms with Crippen molar-refractivity contribution in [3.05, 3.63) is 54.1 Å². The molecule has 2 fully saturated rings. The van der Waals surface area contributed by atoms with Crippen molar-refractivity contribution in [3.63, 3.8) is 0 Å². The van der Waals surface area contributed by atoms with E-state index in [4.69, 9.17) is 23.3 Å². The summed E-state index contributed by atoms with van der Waals surface area (Å²) in [6, 6.07) is 8.75. The number of aromatic nitrogens is 5. The number of carbonyl (C=O) groups is 1. The second-order valence-electron chi connectivity index (χ2n) is 9.02. The Morgan fingerprint density at radius 3 is 2.55 bits per heavy atom. The molecule has 0 unspecified atom stereocenters. The standard InChI is InChI=1S/C24H29N6O7P/c1-5-33-38(32,34-6-2)13-12-16-18-19(37-24(3,4)36-18)23(35-16)30-21-17(28-29-30)20(25-14-26-21)27-22(31)15-10-8-7-9-11-15/h7-14,16,18-19,23H,5-6H2,1-4H3,(H,25,26,27,31)/b13-12+/t16-,18-,19-,23-/m1/s1. The van der Waals surface area contributed by atoms with E-state index < -0.39 is 37.9 Å². The Bertz CT molecular complexity index is 1370. The molecule has 2 aliphatic heterocycles. The van der Waals surface area contributed by atoms with Gasteiger partial charge < -0.3 is 28.6 Å². The Kier molecular flexibility index (Phi) is 7.40.